The van der Waals surface area contributed by atoms with Crippen molar-refractivity contribution in [1.29, 1.82) is 0 Å². The minimum absolute atomic E-state index is 1.17. The Labute approximate surface area is 239 Å². The monoisotopic (exact) mass is 520 g/mol. The Balaban J connectivity index is 1.51. The van der Waals surface area contributed by atoms with Crippen LogP contribution in [0.1, 0.15) is 33.4 Å². The predicted molar refractivity (Wildman–Crippen MR) is 175 cm³/mol. The van der Waals surface area contributed by atoms with Gasteiger partial charge in [-0.3, -0.25) is 0 Å². The largest absolute Gasteiger partial charge is 0.378 e. The molecule has 0 aliphatic heterocycles. The number of anilines is 2. The molecule has 5 aromatic carbocycles. The van der Waals surface area contributed by atoms with Crippen molar-refractivity contribution in [2.45, 2.75) is 0 Å². The third-order valence-corrected chi connectivity index (χ3v) is 7.12. The maximum atomic E-state index is 2.28. The van der Waals surface area contributed by atoms with Crippen LogP contribution in [0.5, 0.6) is 0 Å². The van der Waals surface area contributed by atoms with Gasteiger partial charge in [0.15, 0.2) is 0 Å². The lowest BCUT2D eigenvalue weighted by Gasteiger charge is -2.15. The molecule has 5 rings (SSSR count). The highest BCUT2D eigenvalue weighted by Gasteiger charge is 2.08. The molecule has 0 unspecified atom stereocenters. The summed E-state index contributed by atoms with van der Waals surface area (Å²) in [7, 11) is 8.28. The molecule has 40 heavy (non-hydrogen) atoms. The van der Waals surface area contributed by atoms with Crippen molar-refractivity contribution in [1.82, 2.24) is 0 Å². The molecule has 0 aromatic heterocycles. The van der Waals surface area contributed by atoms with E-state index in [1.54, 1.807) is 0 Å². The molecular formula is C38H36N2. The van der Waals surface area contributed by atoms with Gasteiger partial charge < -0.3 is 9.80 Å². The van der Waals surface area contributed by atoms with Crippen molar-refractivity contribution in [3.63, 3.8) is 0 Å². The highest BCUT2D eigenvalue weighted by molar-refractivity contribution is 5.93. The van der Waals surface area contributed by atoms with Gasteiger partial charge in [0.2, 0.25) is 0 Å². The summed E-state index contributed by atoms with van der Waals surface area (Å²) < 4.78 is 0. The van der Waals surface area contributed by atoms with E-state index in [1.807, 2.05) is 0 Å². The summed E-state index contributed by atoms with van der Waals surface area (Å²) in [5.74, 6) is 0. The summed E-state index contributed by atoms with van der Waals surface area (Å²) >= 11 is 0. The zero-order chi connectivity index (χ0) is 27.9. The predicted octanol–water partition coefficient (Wildman–Crippen LogP) is 9.00. The lowest BCUT2D eigenvalue weighted by Crippen LogP contribution is -2.08. The van der Waals surface area contributed by atoms with E-state index in [0.717, 1.165) is 0 Å². The average molecular weight is 521 g/mol. The van der Waals surface area contributed by atoms with Gasteiger partial charge in [-0.25, -0.2) is 0 Å². The van der Waals surface area contributed by atoms with Crippen molar-refractivity contribution in [2.75, 3.05) is 38.0 Å². The Kier molecular flexibility index (Phi) is 8.27. The zero-order valence-electron chi connectivity index (χ0n) is 23.8. The fourth-order valence-corrected chi connectivity index (χ4v) is 4.80. The fraction of sp³-hybridized carbons (Fsp3) is 0.105. The number of hydrogen-bond acceptors (Lipinski definition) is 2. The second kappa shape index (κ2) is 12.4. The third-order valence-electron chi connectivity index (χ3n) is 7.12. The summed E-state index contributed by atoms with van der Waals surface area (Å²) in [6.07, 6.45) is 4.57. The van der Waals surface area contributed by atoms with Crippen LogP contribution in [-0.4, -0.2) is 28.2 Å². The van der Waals surface area contributed by atoms with Crippen LogP contribution >= 0.6 is 0 Å². The molecule has 2 nitrogen and oxygen atoms in total. The van der Waals surface area contributed by atoms with Crippen molar-refractivity contribution >= 4 is 34.7 Å². The number of benzene rings is 5. The number of hydrogen-bond donors (Lipinski definition) is 0. The van der Waals surface area contributed by atoms with Crippen molar-refractivity contribution in [3.05, 3.63) is 167 Å². The Morgan fingerprint density at radius 2 is 0.675 bits per heavy atom. The quantitative estimate of drug-likeness (QED) is 0.188. The molecule has 2 heteroatoms. The summed E-state index contributed by atoms with van der Waals surface area (Å²) in [5, 5.41) is 0. The van der Waals surface area contributed by atoms with E-state index in [9.17, 15) is 0 Å². The molecule has 0 aliphatic rings. The molecule has 0 aliphatic carbocycles. The third kappa shape index (κ3) is 6.42. The summed E-state index contributed by atoms with van der Waals surface area (Å²) in [4.78, 5) is 4.25. The van der Waals surface area contributed by atoms with Crippen LogP contribution in [0, 0.1) is 0 Å². The van der Waals surface area contributed by atoms with Gasteiger partial charge in [-0.15, -0.1) is 0 Å². The van der Waals surface area contributed by atoms with Crippen molar-refractivity contribution in [3.8, 4) is 0 Å². The molecule has 0 heterocycles. The maximum absolute atomic E-state index is 2.28. The minimum atomic E-state index is 1.17. The first-order chi connectivity index (χ1) is 19.5. The normalized spacial score (nSPS) is 11.8. The Morgan fingerprint density at radius 1 is 0.375 bits per heavy atom. The molecule has 0 fully saturated rings. The molecule has 0 saturated carbocycles. The Bertz CT molecular complexity index is 1450. The van der Waals surface area contributed by atoms with E-state index in [-0.39, 0.29) is 0 Å². The summed E-state index contributed by atoms with van der Waals surface area (Å²) in [6.45, 7) is 0. The second-order valence-electron chi connectivity index (χ2n) is 10.4. The fourth-order valence-electron chi connectivity index (χ4n) is 4.80. The molecular weight excluding hydrogens is 484 g/mol. The topological polar surface area (TPSA) is 6.48 Å². The van der Waals surface area contributed by atoms with E-state index >= 15 is 0 Å². The minimum Gasteiger partial charge on any atom is -0.378 e. The molecule has 0 radical (unpaired) electrons. The van der Waals surface area contributed by atoms with Crippen molar-refractivity contribution in [2.24, 2.45) is 0 Å². The van der Waals surface area contributed by atoms with Crippen LogP contribution in [-0.2, 0) is 0 Å². The molecule has 5 aromatic rings. The number of nitrogens with zero attached hydrogens (tertiary/aromatic N) is 2. The number of rotatable bonds is 8. The average Bonchev–Trinajstić information content (AvgIpc) is 3.00. The lowest BCUT2D eigenvalue weighted by atomic mass is 9.94. The second-order valence-corrected chi connectivity index (χ2v) is 10.4. The van der Waals surface area contributed by atoms with Crippen LogP contribution in [0.4, 0.5) is 11.4 Å². The summed E-state index contributed by atoms with van der Waals surface area (Å²) in [6, 6.07) is 47.6. The lowest BCUT2D eigenvalue weighted by molar-refractivity contribution is 1.13. The maximum Gasteiger partial charge on any atom is 0.0361 e. The van der Waals surface area contributed by atoms with Crippen LogP contribution in [0.25, 0.3) is 23.3 Å². The highest BCUT2D eigenvalue weighted by Crippen LogP contribution is 2.30. The molecule has 0 amide bonds. The molecule has 0 bridgehead atoms. The van der Waals surface area contributed by atoms with Crippen LogP contribution in [0.15, 0.2) is 133 Å². The highest BCUT2D eigenvalue weighted by atomic mass is 15.1. The molecule has 198 valence electrons. The SMILES string of the molecule is CN(C)c1ccc(/C(=C\c2ccc(/C=C(/c3ccccc3)c3ccc(N(C)C)cc3)cc2)c2ccccc2)cc1. The first-order valence-electron chi connectivity index (χ1n) is 13.7. The standard InChI is InChI=1S/C38H36N2/c1-39(2)35-23-19-33(20-24-35)37(31-11-7-5-8-12-31)27-29-15-17-30(18-16-29)28-38(32-13-9-6-10-14-32)34-21-25-36(26-22-34)40(3)4/h5-28H,1-4H3/b37-27-,38-28-. The van der Waals surface area contributed by atoms with E-state index in [2.05, 4.69) is 184 Å². The Morgan fingerprint density at radius 3 is 0.975 bits per heavy atom. The smallest absolute Gasteiger partial charge is 0.0361 e. The zero-order valence-corrected chi connectivity index (χ0v) is 23.8. The van der Waals surface area contributed by atoms with E-state index in [1.165, 1.54) is 55.9 Å². The van der Waals surface area contributed by atoms with Crippen molar-refractivity contribution < 1.29 is 0 Å². The first kappa shape index (κ1) is 26.8. The van der Waals surface area contributed by atoms with Gasteiger partial charge in [0.05, 0.1) is 0 Å². The van der Waals surface area contributed by atoms with E-state index < -0.39 is 0 Å². The molecule has 0 atom stereocenters. The first-order valence-corrected chi connectivity index (χ1v) is 13.7. The van der Waals surface area contributed by atoms with Gasteiger partial charge in [-0.05, 0) is 80.9 Å². The van der Waals surface area contributed by atoms with Gasteiger partial charge in [0.25, 0.3) is 0 Å². The van der Waals surface area contributed by atoms with Crippen LogP contribution in [0.2, 0.25) is 0 Å². The van der Waals surface area contributed by atoms with Gasteiger partial charge in [0, 0.05) is 39.6 Å². The van der Waals surface area contributed by atoms with Crippen LogP contribution in [0.3, 0.4) is 0 Å². The summed E-state index contributed by atoms with van der Waals surface area (Å²) in [5.41, 5.74) is 12.0. The van der Waals surface area contributed by atoms with Gasteiger partial charge in [-0.1, -0.05) is 109 Å². The van der Waals surface area contributed by atoms with Gasteiger partial charge in [0.1, 0.15) is 0 Å². The van der Waals surface area contributed by atoms with Gasteiger partial charge in [-0.2, -0.15) is 0 Å². The van der Waals surface area contributed by atoms with Gasteiger partial charge >= 0.3 is 0 Å². The molecule has 0 N–H and O–H groups in total. The van der Waals surface area contributed by atoms with Crippen LogP contribution < -0.4 is 9.80 Å². The van der Waals surface area contributed by atoms with E-state index in [4.69, 9.17) is 0 Å². The molecule has 0 spiro atoms. The molecule has 0 saturated heterocycles. The Hall–Kier alpha value is -4.82. The van der Waals surface area contributed by atoms with E-state index in [0.29, 0.717) is 0 Å².